The number of piperidine rings is 3. The van der Waals surface area contributed by atoms with Crippen molar-refractivity contribution >= 4 is 11.8 Å². The van der Waals surface area contributed by atoms with Crippen molar-refractivity contribution in [1.82, 2.24) is 14.9 Å². The predicted octanol–water partition coefficient (Wildman–Crippen LogP) is 1.29. The summed E-state index contributed by atoms with van der Waals surface area (Å²) in [4.78, 5) is 9.62. The number of hydrazine groups is 1. The maximum absolute atomic E-state index is 12.8. The molecule has 116 valence electrons. The van der Waals surface area contributed by atoms with Gasteiger partial charge < -0.3 is 10.2 Å². The molecule has 1 atom stereocenters. The van der Waals surface area contributed by atoms with E-state index in [1.54, 1.807) is 0 Å². The van der Waals surface area contributed by atoms with E-state index >= 15 is 0 Å². The standard InChI is InChI=1S/C12H17F3N6/c13-12(14,15)9-5-10(19-11(18-9)20-16)17-8-6-21-3-1-7(8)2-4-21/h5,7-8H,1-4,6,16H2,(H2,17,18,19,20). The minimum absolute atomic E-state index is 0.120. The Hall–Kier alpha value is -1.61. The molecule has 0 spiro atoms. The number of nitrogens with two attached hydrogens (primary N) is 1. The van der Waals surface area contributed by atoms with Crippen LogP contribution in [0.15, 0.2) is 6.07 Å². The summed E-state index contributed by atoms with van der Waals surface area (Å²) in [6, 6.07) is 1.05. The summed E-state index contributed by atoms with van der Waals surface area (Å²) < 4.78 is 38.5. The van der Waals surface area contributed by atoms with Gasteiger partial charge in [0.05, 0.1) is 0 Å². The average Bonchev–Trinajstić information content (AvgIpc) is 2.47. The van der Waals surface area contributed by atoms with E-state index in [4.69, 9.17) is 5.84 Å². The zero-order valence-electron chi connectivity index (χ0n) is 11.3. The van der Waals surface area contributed by atoms with Crippen molar-refractivity contribution in [2.75, 3.05) is 30.4 Å². The van der Waals surface area contributed by atoms with Crippen LogP contribution in [0.1, 0.15) is 18.5 Å². The summed E-state index contributed by atoms with van der Waals surface area (Å²) in [7, 11) is 0. The molecule has 0 saturated carbocycles. The number of anilines is 2. The normalized spacial score (nSPS) is 28.5. The van der Waals surface area contributed by atoms with Crippen molar-refractivity contribution in [2.24, 2.45) is 11.8 Å². The molecule has 21 heavy (non-hydrogen) atoms. The van der Waals surface area contributed by atoms with Crippen LogP contribution < -0.4 is 16.6 Å². The Labute approximate surface area is 119 Å². The van der Waals surface area contributed by atoms with Crippen molar-refractivity contribution in [1.29, 1.82) is 0 Å². The fourth-order valence-corrected chi connectivity index (χ4v) is 3.05. The Bertz CT molecular complexity index is 512. The summed E-state index contributed by atoms with van der Waals surface area (Å²) in [5.74, 6) is 5.54. The highest BCUT2D eigenvalue weighted by atomic mass is 19.4. The van der Waals surface area contributed by atoms with Crippen molar-refractivity contribution in [2.45, 2.75) is 25.1 Å². The van der Waals surface area contributed by atoms with Crippen LogP contribution in [0.3, 0.4) is 0 Å². The van der Waals surface area contributed by atoms with Crippen LogP contribution in [0.2, 0.25) is 0 Å². The highest BCUT2D eigenvalue weighted by Gasteiger charge is 2.36. The van der Waals surface area contributed by atoms with Crippen LogP contribution in [-0.4, -0.2) is 40.5 Å². The van der Waals surface area contributed by atoms with E-state index in [2.05, 4.69) is 25.6 Å². The zero-order valence-corrected chi connectivity index (χ0v) is 11.3. The number of aromatic nitrogens is 2. The van der Waals surface area contributed by atoms with Gasteiger partial charge in [-0.05, 0) is 31.8 Å². The number of rotatable bonds is 3. The molecule has 4 rings (SSSR count). The summed E-state index contributed by atoms with van der Waals surface area (Å²) in [5.41, 5.74) is 1.07. The number of hydrogen-bond acceptors (Lipinski definition) is 6. The van der Waals surface area contributed by atoms with Gasteiger partial charge in [0, 0.05) is 18.7 Å². The fourth-order valence-electron chi connectivity index (χ4n) is 3.05. The molecule has 4 N–H and O–H groups in total. The lowest BCUT2D eigenvalue weighted by atomic mass is 9.84. The van der Waals surface area contributed by atoms with E-state index in [1.807, 2.05) is 0 Å². The number of alkyl halides is 3. The van der Waals surface area contributed by atoms with Crippen LogP contribution in [0.4, 0.5) is 24.9 Å². The Balaban J connectivity index is 1.81. The summed E-state index contributed by atoms with van der Waals surface area (Å²) in [5, 5.41) is 3.11. The Morgan fingerprint density at radius 2 is 1.95 bits per heavy atom. The molecule has 0 radical (unpaired) electrons. The highest BCUT2D eigenvalue weighted by molar-refractivity contribution is 5.43. The largest absolute Gasteiger partial charge is 0.433 e. The first-order valence-corrected chi connectivity index (χ1v) is 6.87. The minimum Gasteiger partial charge on any atom is -0.366 e. The van der Waals surface area contributed by atoms with Gasteiger partial charge in [-0.25, -0.2) is 10.8 Å². The first-order chi connectivity index (χ1) is 9.95. The van der Waals surface area contributed by atoms with E-state index in [0.717, 1.165) is 38.5 Å². The van der Waals surface area contributed by atoms with Crippen molar-refractivity contribution in [3.8, 4) is 0 Å². The second-order valence-electron chi connectivity index (χ2n) is 5.49. The first kappa shape index (κ1) is 14.3. The topological polar surface area (TPSA) is 79.1 Å². The molecule has 1 unspecified atom stereocenters. The van der Waals surface area contributed by atoms with Crippen molar-refractivity contribution in [3.05, 3.63) is 11.8 Å². The molecule has 1 aromatic heterocycles. The lowest BCUT2D eigenvalue weighted by Gasteiger charge is -2.45. The predicted molar refractivity (Wildman–Crippen MR) is 71.4 cm³/mol. The summed E-state index contributed by atoms with van der Waals surface area (Å²) >= 11 is 0. The van der Waals surface area contributed by atoms with Crippen LogP contribution >= 0.6 is 0 Å². The SMILES string of the molecule is NNc1nc(NC2CN3CCC2CC3)cc(C(F)(F)F)n1. The quantitative estimate of drug-likeness (QED) is 0.577. The molecule has 3 aliphatic rings. The van der Waals surface area contributed by atoms with E-state index in [0.29, 0.717) is 5.92 Å². The van der Waals surface area contributed by atoms with Gasteiger partial charge in [-0.2, -0.15) is 18.2 Å². The molecule has 2 bridgehead atoms. The van der Waals surface area contributed by atoms with Crippen LogP contribution in [0, 0.1) is 5.92 Å². The van der Waals surface area contributed by atoms with Gasteiger partial charge in [-0.15, -0.1) is 0 Å². The number of halogens is 3. The molecule has 3 fully saturated rings. The van der Waals surface area contributed by atoms with E-state index in [-0.39, 0.29) is 17.8 Å². The van der Waals surface area contributed by atoms with Gasteiger partial charge in [0.25, 0.3) is 0 Å². The number of nitrogen functional groups attached to an aromatic ring is 1. The third kappa shape index (κ3) is 3.03. The number of fused-ring (bicyclic) bond motifs is 3. The summed E-state index contributed by atoms with van der Waals surface area (Å²) in [6.45, 7) is 2.97. The molecular weight excluding hydrogens is 285 g/mol. The third-order valence-corrected chi connectivity index (χ3v) is 4.14. The number of hydrogen-bond donors (Lipinski definition) is 3. The number of nitrogens with one attached hydrogen (secondary N) is 2. The van der Waals surface area contributed by atoms with Crippen molar-refractivity contribution < 1.29 is 13.2 Å². The van der Waals surface area contributed by atoms with Gasteiger partial charge >= 0.3 is 6.18 Å². The Morgan fingerprint density at radius 1 is 1.24 bits per heavy atom. The van der Waals surface area contributed by atoms with Gasteiger partial charge in [-0.1, -0.05) is 0 Å². The maximum Gasteiger partial charge on any atom is 0.433 e. The maximum atomic E-state index is 12.8. The average molecular weight is 302 g/mol. The summed E-state index contributed by atoms with van der Waals surface area (Å²) in [6.07, 6.45) is -2.40. The fraction of sp³-hybridized carbons (Fsp3) is 0.667. The number of nitrogens with zero attached hydrogens (tertiary/aromatic N) is 3. The van der Waals surface area contributed by atoms with Crippen LogP contribution in [0.5, 0.6) is 0 Å². The molecule has 0 aliphatic carbocycles. The molecule has 0 amide bonds. The molecular formula is C12H17F3N6. The molecule has 4 heterocycles. The first-order valence-electron chi connectivity index (χ1n) is 6.87. The molecule has 9 heteroatoms. The van der Waals surface area contributed by atoms with Gasteiger partial charge in [0.15, 0.2) is 5.69 Å². The van der Waals surface area contributed by atoms with E-state index < -0.39 is 11.9 Å². The lowest BCUT2D eigenvalue weighted by Crippen LogP contribution is -2.53. The highest BCUT2D eigenvalue weighted by Crippen LogP contribution is 2.32. The Morgan fingerprint density at radius 3 is 2.48 bits per heavy atom. The van der Waals surface area contributed by atoms with Gasteiger partial charge in [-0.3, -0.25) is 5.43 Å². The molecule has 6 nitrogen and oxygen atoms in total. The smallest absolute Gasteiger partial charge is 0.366 e. The molecule has 3 aliphatic heterocycles. The molecule has 0 aromatic carbocycles. The van der Waals surface area contributed by atoms with Crippen LogP contribution in [0.25, 0.3) is 0 Å². The van der Waals surface area contributed by atoms with Gasteiger partial charge in [0.1, 0.15) is 5.82 Å². The monoisotopic (exact) mass is 302 g/mol. The second kappa shape index (κ2) is 5.30. The van der Waals surface area contributed by atoms with Gasteiger partial charge in [0.2, 0.25) is 5.95 Å². The lowest BCUT2D eigenvalue weighted by molar-refractivity contribution is -0.141. The minimum atomic E-state index is -4.53. The van der Waals surface area contributed by atoms with Crippen molar-refractivity contribution in [3.63, 3.8) is 0 Å². The molecule has 1 aromatic rings. The van der Waals surface area contributed by atoms with E-state index in [9.17, 15) is 13.2 Å². The van der Waals surface area contributed by atoms with E-state index in [1.165, 1.54) is 0 Å². The zero-order chi connectivity index (χ0) is 15.0. The second-order valence-corrected chi connectivity index (χ2v) is 5.49. The third-order valence-electron chi connectivity index (χ3n) is 4.14. The Kier molecular flexibility index (Phi) is 3.62. The van der Waals surface area contributed by atoms with Crippen LogP contribution in [-0.2, 0) is 6.18 Å². The molecule has 3 saturated heterocycles.